The first-order chi connectivity index (χ1) is 9.10. The molecule has 106 valence electrons. The van der Waals surface area contributed by atoms with Crippen molar-refractivity contribution in [1.29, 1.82) is 0 Å². The summed E-state index contributed by atoms with van der Waals surface area (Å²) in [5, 5.41) is 0. The van der Waals surface area contributed by atoms with Gasteiger partial charge >= 0.3 is 11.9 Å². The lowest BCUT2D eigenvalue weighted by Gasteiger charge is -2.14. The van der Waals surface area contributed by atoms with Crippen LogP contribution in [0.3, 0.4) is 0 Å². The summed E-state index contributed by atoms with van der Waals surface area (Å²) in [4.78, 5) is 27.6. The minimum atomic E-state index is -0.873. The smallest absolute Gasteiger partial charge is 0.320 e. The van der Waals surface area contributed by atoms with Crippen molar-refractivity contribution < 1.29 is 19.1 Å². The summed E-state index contributed by atoms with van der Waals surface area (Å²) in [6.45, 7) is 6.30. The molecule has 0 bridgehead atoms. The number of nitrogens with zero attached hydrogens (tertiary/aromatic N) is 2. The first-order valence-corrected chi connectivity index (χ1v) is 6.41. The van der Waals surface area contributed by atoms with E-state index in [9.17, 15) is 9.59 Å². The molecule has 6 heteroatoms. The fraction of sp³-hybridized carbons (Fsp3) is 0.615. The van der Waals surface area contributed by atoms with Gasteiger partial charge in [-0.05, 0) is 27.2 Å². The minimum absolute atomic E-state index is 0.249. The summed E-state index contributed by atoms with van der Waals surface area (Å²) < 4.78 is 11.7. The van der Waals surface area contributed by atoms with E-state index < -0.39 is 17.9 Å². The third-order valence-corrected chi connectivity index (χ3v) is 2.72. The van der Waals surface area contributed by atoms with Crippen LogP contribution in [0.15, 0.2) is 12.4 Å². The zero-order valence-corrected chi connectivity index (χ0v) is 11.6. The first-order valence-electron chi connectivity index (χ1n) is 6.41. The lowest BCUT2D eigenvalue weighted by molar-refractivity contribution is -0.162. The molecule has 0 fully saturated rings. The van der Waals surface area contributed by atoms with Crippen LogP contribution >= 0.6 is 0 Å². The Bertz CT molecular complexity index is 410. The standard InChI is InChI=1S/C13H20N2O4/c1-4-18-12(16)11(13(17)19-5-2)6-8-15-9-7-14-10(15)3/h7,9,11H,4-6,8H2,1-3H3. The van der Waals surface area contributed by atoms with Crippen LogP contribution in [0.1, 0.15) is 26.1 Å². The number of ether oxygens (including phenoxy) is 2. The highest BCUT2D eigenvalue weighted by molar-refractivity contribution is 5.94. The van der Waals surface area contributed by atoms with Crippen LogP contribution in [-0.2, 0) is 25.6 Å². The van der Waals surface area contributed by atoms with Crippen molar-refractivity contribution in [3.63, 3.8) is 0 Å². The van der Waals surface area contributed by atoms with Crippen molar-refractivity contribution in [2.45, 2.75) is 33.7 Å². The Labute approximate surface area is 112 Å². The Morgan fingerprint density at radius 1 is 1.26 bits per heavy atom. The fourth-order valence-electron chi connectivity index (χ4n) is 1.73. The summed E-state index contributed by atoms with van der Waals surface area (Å²) in [5.74, 6) is -1.09. The third-order valence-electron chi connectivity index (χ3n) is 2.72. The van der Waals surface area contributed by atoms with Gasteiger partial charge in [0.1, 0.15) is 5.82 Å². The predicted molar refractivity (Wildman–Crippen MR) is 68.3 cm³/mol. The molecule has 1 rings (SSSR count). The fourth-order valence-corrected chi connectivity index (χ4v) is 1.73. The number of esters is 2. The summed E-state index contributed by atoms with van der Waals surface area (Å²) in [5.41, 5.74) is 0. The molecule has 1 heterocycles. The van der Waals surface area contributed by atoms with Crippen LogP contribution in [0, 0.1) is 12.8 Å². The Morgan fingerprint density at radius 3 is 2.26 bits per heavy atom. The lowest BCUT2D eigenvalue weighted by Crippen LogP contribution is -2.29. The largest absolute Gasteiger partial charge is 0.465 e. The van der Waals surface area contributed by atoms with Crippen molar-refractivity contribution in [1.82, 2.24) is 9.55 Å². The maximum absolute atomic E-state index is 11.8. The van der Waals surface area contributed by atoms with Gasteiger partial charge in [0.15, 0.2) is 5.92 Å². The van der Waals surface area contributed by atoms with Gasteiger partial charge in [-0.2, -0.15) is 0 Å². The molecule has 0 aromatic carbocycles. The number of carbonyl (C=O) groups excluding carboxylic acids is 2. The maximum atomic E-state index is 11.8. The third kappa shape index (κ3) is 4.39. The van der Waals surface area contributed by atoms with Crippen LogP contribution in [0.5, 0.6) is 0 Å². The van der Waals surface area contributed by atoms with Crippen LogP contribution in [0.25, 0.3) is 0 Å². The van der Waals surface area contributed by atoms with Crippen LogP contribution < -0.4 is 0 Å². The molecular formula is C13H20N2O4. The summed E-state index contributed by atoms with van der Waals surface area (Å²) >= 11 is 0. The van der Waals surface area contributed by atoms with Gasteiger partial charge in [-0.1, -0.05) is 0 Å². The molecule has 0 saturated heterocycles. The molecule has 0 spiro atoms. The van der Waals surface area contributed by atoms with E-state index in [-0.39, 0.29) is 13.2 Å². The molecule has 0 radical (unpaired) electrons. The Balaban J connectivity index is 2.66. The molecule has 0 unspecified atom stereocenters. The Hall–Kier alpha value is -1.85. The average Bonchev–Trinajstić information content (AvgIpc) is 2.76. The van der Waals surface area contributed by atoms with Gasteiger partial charge in [-0.15, -0.1) is 0 Å². The van der Waals surface area contributed by atoms with Crippen molar-refractivity contribution >= 4 is 11.9 Å². The van der Waals surface area contributed by atoms with Crippen molar-refractivity contribution in [2.75, 3.05) is 13.2 Å². The molecule has 6 nitrogen and oxygen atoms in total. The summed E-state index contributed by atoms with van der Waals surface area (Å²) in [6.07, 6.45) is 3.83. The molecule has 0 amide bonds. The molecule has 0 atom stereocenters. The van der Waals surface area contributed by atoms with Gasteiger partial charge in [0.25, 0.3) is 0 Å². The molecule has 0 aliphatic heterocycles. The van der Waals surface area contributed by atoms with Gasteiger partial charge in [0, 0.05) is 18.9 Å². The number of aryl methyl sites for hydroxylation is 2. The number of imidazole rings is 1. The highest BCUT2D eigenvalue weighted by Crippen LogP contribution is 2.11. The number of carbonyl (C=O) groups is 2. The number of hydrogen-bond donors (Lipinski definition) is 0. The number of rotatable bonds is 7. The van der Waals surface area contributed by atoms with Crippen LogP contribution in [0.4, 0.5) is 0 Å². The van der Waals surface area contributed by atoms with E-state index in [1.165, 1.54) is 0 Å². The van der Waals surface area contributed by atoms with Gasteiger partial charge in [0.05, 0.1) is 13.2 Å². The molecule has 0 saturated carbocycles. The lowest BCUT2D eigenvalue weighted by atomic mass is 10.1. The second kappa shape index (κ2) is 7.56. The van der Waals surface area contributed by atoms with E-state index in [0.717, 1.165) is 5.82 Å². The molecule has 19 heavy (non-hydrogen) atoms. The highest BCUT2D eigenvalue weighted by Gasteiger charge is 2.29. The Morgan fingerprint density at radius 2 is 1.84 bits per heavy atom. The van der Waals surface area contributed by atoms with Crippen LogP contribution in [0.2, 0.25) is 0 Å². The van der Waals surface area contributed by atoms with Crippen molar-refractivity contribution in [3.05, 3.63) is 18.2 Å². The van der Waals surface area contributed by atoms with E-state index in [1.54, 1.807) is 20.0 Å². The molecule has 1 aromatic heterocycles. The van der Waals surface area contributed by atoms with E-state index in [4.69, 9.17) is 9.47 Å². The van der Waals surface area contributed by atoms with Gasteiger partial charge in [-0.3, -0.25) is 9.59 Å². The van der Waals surface area contributed by atoms with Gasteiger partial charge in [-0.25, -0.2) is 4.98 Å². The first kappa shape index (κ1) is 15.2. The van der Waals surface area contributed by atoms with E-state index in [2.05, 4.69) is 4.98 Å². The normalized spacial score (nSPS) is 10.5. The predicted octanol–water partition coefficient (Wildman–Crippen LogP) is 1.32. The monoisotopic (exact) mass is 268 g/mol. The number of hydrogen-bond acceptors (Lipinski definition) is 5. The zero-order valence-electron chi connectivity index (χ0n) is 11.6. The maximum Gasteiger partial charge on any atom is 0.320 e. The molecular weight excluding hydrogens is 248 g/mol. The second-order valence-corrected chi connectivity index (χ2v) is 4.01. The second-order valence-electron chi connectivity index (χ2n) is 4.01. The summed E-state index contributed by atoms with van der Waals surface area (Å²) in [7, 11) is 0. The minimum Gasteiger partial charge on any atom is -0.465 e. The highest BCUT2D eigenvalue weighted by atomic mass is 16.6. The van der Waals surface area contributed by atoms with Crippen molar-refractivity contribution in [3.8, 4) is 0 Å². The SMILES string of the molecule is CCOC(=O)C(CCn1ccnc1C)C(=O)OCC. The molecule has 0 N–H and O–H groups in total. The quantitative estimate of drug-likeness (QED) is 0.551. The molecule has 1 aromatic rings. The number of aromatic nitrogens is 2. The Kier molecular flexibility index (Phi) is 6.05. The van der Waals surface area contributed by atoms with E-state index in [0.29, 0.717) is 13.0 Å². The van der Waals surface area contributed by atoms with Gasteiger partial charge < -0.3 is 14.0 Å². The molecule has 0 aliphatic rings. The molecule has 0 aliphatic carbocycles. The summed E-state index contributed by atoms with van der Waals surface area (Å²) in [6, 6.07) is 0. The van der Waals surface area contributed by atoms with E-state index in [1.807, 2.05) is 17.7 Å². The average molecular weight is 268 g/mol. The van der Waals surface area contributed by atoms with Gasteiger partial charge in [0.2, 0.25) is 0 Å². The van der Waals surface area contributed by atoms with E-state index >= 15 is 0 Å². The topological polar surface area (TPSA) is 70.4 Å². The van der Waals surface area contributed by atoms with Crippen LogP contribution in [-0.4, -0.2) is 34.7 Å². The van der Waals surface area contributed by atoms with Crippen molar-refractivity contribution in [2.24, 2.45) is 5.92 Å². The zero-order chi connectivity index (χ0) is 14.3.